The molecule has 0 saturated carbocycles. The van der Waals surface area contributed by atoms with Crippen molar-refractivity contribution in [2.45, 2.75) is 19.6 Å². The van der Waals surface area contributed by atoms with Crippen LogP contribution in [-0.2, 0) is 22.3 Å². The number of nitrogens with zero attached hydrogens (tertiary/aromatic N) is 1. The van der Waals surface area contributed by atoms with Crippen LogP contribution in [0.4, 0.5) is 18.9 Å². The molecule has 0 unspecified atom stereocenters. The molecule has 0 saturated heterocycles. The highest BCUT2D eigenvalue weighted by Crippen LogP contribution is 2.34. The minimum Gasteiger partial charge on any atom is -0.350 e. The van der Waals surface area contributed by atoms with Gasteiger partial charge in [-0.05, 0) is 36.2 Å². The van der Waals surface area contributed by atoms with Crippen molar-refractivity contribution >= 4 is 23.1 Å². The predicted octanol–water partition coefficient (Wildman–Crippen LogP) is 5.41. The third-order valence-corrected chi connectivity index (χ3v) is 5.15. The van der Waals surface area contributed by atoms with E-state index in [9.17, 15) is 22.8 Å². The third-order valence-electron chi connectivity index (χ3n) is 5.15. The highest BCUT2D eigenvalue weighted by atomic mass is 19.4. The molecule has 7 heteroatoms. The molecular weight excluding hydrogens is 417 g/mol. The smallest absolute Gasteiger partial charge is 0.350 e. The summed E-state index contributed by atoms with van der Waals surface area (Å²) in [6, 6.07) is 20.6. The number of carbonyl (C=O) groups is 2. The van der Waals surface area contributed by atoms with E-state index in [0.29, 0.717) is 5.56 Å². The van der Waals surface area contributed by atoms with Crippen molar-refractivity contribution in [1.29, 1.82) is 0 Å². The number of amides is 2. The second-order valence-corrected chi connectivity index (χ2v) is 7.50. The van der Waals surface area contributed by atoms with E-state index in [4.69, 9.17) is 0 Å². The maximum absolute atomic E-state index is 13.2. The highest BCUT2D eigenvalue weighted by Gasteiger charge is 2.39. The number of nitrogens with one attached hydrogen (secondary N) is 1. The van der Waals surface area contributed by atoms with Crippen LogP contribution >= 0.6 is 0 Å². The van der Waals surface area contributed by atoms with E-state index in [2.05, 4.69) is 5.32 Å². The minimum atomic E-state index is -4.53. The molecule has 2 amide bonds. The lowest BCUT2D eigenvalue weighted by Crippen LogP contribution is -2.32. The van der Waals surface area contributed by atoms with Crippen molar-refractivity contribution in [2.75, 3.05) is 5.32 Å². The topological polar surface area (TPSA) is 49.4 Å². The van der Waals surface area contributed by atoms with Gasteiger partial charge in [-0.2, -0.15) is 13.2 Å². The van der Waals surface area contributed by atoms with Gasteiger partial charge in [0.05, 0.1) is 17.7 Å². The van der Waals surface area contributed by atoms with E-state index in [1.165, 1.54) is 12.1 Å². The number of anilines is 1. The van der Waals surface area contributed by atoms with Crippen LogP contribution in [0, 0.1) is 6.92 Å². The molecule has 1 heterocycles. The second kappa shape index (κ2) is 8.34. The number of carbonyl (C=O) groups excluding carboxylic acids is 2. The van der Waals surface area contributed by atoms with Crippen molar-refractivity contribution in [3.05, 3.63) is 107 Å². The van der Waals surface area contributed by atoms with E-state index in [1.807, 2.05) is 31.2 Å². The minimum absolute atomic E-state index is 0.0485. The summed E-state index contributed by atoms with van der Waals surface area (Å²) < 4.78 is 39.4. The molecule has 0 atom stereocenters. The van der Waals surface area contributed by atoms with Crippen molar-refractivity contribution in [3.63, 3.8) is 0 Å². The first-order chi connectivity index (χ1) is 15.2. The summed E-state index contributed by atoms with van der Waals surface area (Å²) >= 11 is 0. The molecule has 1 N–H and O–H groups in total. The van der Waals surface area contributed by atoms with E-state index in [1.54, 1.807) is 30.3 Å². The molecule has 162 valence electrons. The number of hydrogen-bond acceptors (Lipinski definition) is 3. The van der Waals surface area contributed by atoms with Gasteiger partial charge in [0.25, 0.3) is 11.8 Å². The second-order valence-electron chi connectivity index (χ2n) is 7.50. The van der Waals surface area contributed by atoms with Gasteiger partial charge in [0.15, 0.2) is 0 Å². The number of rotatable bonds is 5. The van der Waals surface area contributed by atoms with Crippen LogP contribution in [0.1, 0.15) is 22.3 Å². The van der Waals surface area contributed by atoms with Gasteiger partial charge < -0.3 is 5.32 Å². The summed E-state index contributed by atoms with van der Waals surface area (Å²) in [5.41, 5.74) is 1.62. The molecule has 0 spiro atoms. The largest absolute Gasteiger partial charge is 0.416 e. The summed E-state index contributed by atoms with van der Waals surface area (Å²) in [7, 11) is 0. The Morgan fingerprint density at radius 3 is 2.19 bits per heavy atom. The van der Waals surface area contributed by atoms with Gasteiger partial charge in [-0.25, -0.2) is 0 Å². The Hall–Kier alpha value is -3.87. The zero-order valence-electron chi connectivity index (χ0n) is 17.1. The Kier molecular flexibility index (Phi) is 5.57. The first kappa shape index (κ1) is 21.4. The van der Waals surface area contributed by atoms with Crippen molar-refractivity contribution in [1.82, 2.24) is 4.90 Å². The molecule has 1 aliphatic rings. The average molecular weight is 436 g/mol. The fourth-order valence-electron chi connectivity index (χ4n) is 3.50. The van der Waals surface area contributed by atoms with Crippen LogP contribution in [0.2, 0.25) is 0 Å². The molecular formula is C25H19F3N2O2. The fraction of sp³-hybridized carbons (Fsp3) is 0.120. The van der Waals surface area contributed by atoms with Crippen molar-refractivity contribution in [3.8, 4) is 0 Å². The molecule has 3 aromatic carbocycles. The molecule has 0 aliphatic carbocycles. The summed E-state index contributed by atoms with van der Waals surface area (Å²) in [6.45, 7) is 1.99. The summed E-state index contributed by atoms with van der Waals surface area (Å²) in [4.78, 5) is 27.6. The van der Waals surface area contributed by atoms with Gasteiger partial charge in [0.1, 0.15) is 5.70 Å². The molecule has 1 aliphatic heterocycles. The van der Waals surface area contributed by atoms with Crippen LogP contribution in [-0.4, -0.2) is 16.7 Å². The average Bonchev–Trinajstić information content (AvgIpc) is 2.99. The Morgan fingerprint density at radius 1 is 0.844 bits per heavy atom. The van der Waals surface area contributed by atoms with Crippen LogP contribution in [0.3, 0.4) is 0 Å². The lowest BCUT2D eigenvalue weighted by molar-refractivity contribution is -0.138. The number of hydrogen-bond donors (Lipinski definition) is 1. The molecule has 0 bridgehead atoms. The number of imide groups is 1. The zero-order valence-corrected chi connectivity index (χ0v) is 17.1. The predicted molar refractivity (Wildman–Crippen MR) is 115 cm³/mol. The zero-order chi connectivity index (χ0) is 22.9. The summed E-state index contributed by atoms with van der Waals surface area (Å²) in [5.74, 6) is -1.09. The van der Waals surface area contributed by atoms with E-state index in [0.717, 1.165) is 28.2 Å². The fourth-order valence-corrected chi connectivity index (χ4v) is 3.50. The standard InChI is InChI=1S/C25H19F3N2O2/c1-16-10-12-17(13-11-16)15-30-23(31)21(18-6-3-2-4-7-18)22(24(30)32)29-20-9-5-8-19(14-20)25(26,27)28/h2-14,29H,15H2,1H3. The summed E-state index contributed by atoms with van der Waals surface area (Å²) in [5, 5.41) is 2.77. The molecule has 0 aromatic heterocycles. The molecule has 4 rings (SSSR count). The number of benzene rings is 3. The molecule has 32 heavy (non-hydrogen) atoms. The number of halogens is 3. The van der Waals surface area contributed by atoms with Gasteiger partial charge >= 0.3 is 6.18 Å². The van der Waals surface area contributed by atoms with E-state index >= 15 is 0 Å². The maximum atomic E-state index is 13.2. The van der Waals surface area contributed by atoms with Crippen LogP contribution in [0.25, 0.3) is 5.57 Å². The molecule has 4 nitrogen and oxygen atoms in total. The van der Waals surface area contributed by atoms with Gasteiger partial charge in [0.2, 0.25) is 0 Å². The van der Waals surface area contributed by atoms with Crippen molar-refractivity contribution < 1.29 is 22.8 Å². The highest BCUT2D eigenvalue weighted by molar-refractivity contribution is 6.36. The molecule has 0 fully saturated rings. The van der Waals surface area contributed by atoms with E-state index < -0.39 is 23.6 Å². The monoisotopic (exact) mass is 436 g/mol. The Labute approximate surface area is 183 Å². The Bertz CT molecular complexity index is 1200. The maximum Gasteiger partial charge on any atom is 0.416 e. The Morgan fingerprint density at radius 2 is 1.53 bits per heavy atom. The van der Waals surface area contributed by atoms with Gasteiger partial charge in [-0.1, -0.05) is 66.2 Å². The number of aryl methyl sites for hydroxylation is 1. The molecule has 3 aromatic rings. The van der Waals surface area contributed by atoms with Crippen molar-refractivity contribution in [2.24, 2.45) is 0 Å². The van der Waals surface area contributed by atoms with Gasteiger partial charge in [-0.3, -0.25) is 14.5 Å². The number of alkyl halides is 3. The van der Waals surface area contributed by atoms with Gasteiger partial charge in [0, 0.05) is 5.69 Å². The quantitative estimate of drug-likeness (QED) is 0.545. The third kappa shape index (κ3) is 4.27. The Balaban J connectivity index is 1.72. The normalized spacial score (nSPS) is 14.3. The first-order valence-electron chi connectivity index (χ1n) is 9.90. The van der Waals surface area contributed by atoms with Crippen LogP contribution in [0.15, 0.2) is 84.6 Å². The lowest BCUT2D eigenvalue weighted by atomic mass is 10.0. The summed E-state index contributed by atoms with van der Waals surface area (Å²) in [6.07, 6.45) is -4.53. The van der Waals surface area contributed by atoms with Gasteiger partial charge in [-0.15, -0.1) is 0 Å². The van der Waals surface area contributed by atoms with Crippen LogP contribution in [0.5, 0.6) is 0 Å². The first-order valence-corrected chi connectivity index (χ1v) is 9.90. The van der Waals surface area contributed by atoms with E-state index in [-0.39, 0.29) is 23.5 Å². The SMILES string of the molecule is Cc1ccc(CN2C(=O)C(Nc3cccc(C(F)(F)F)c3)=C(c3ccccc3)C2=O)cc1. The lowest BCUT2D eigenvalue weighted by Gasteiger charge is -2.16. The molecule has 0 radical (unpaired) electrons. The van der Waals surface area contributed by atoms with Crippen LogP contribution < -0.4 is 5.32 Å².